The molecule has 2 aromatic carbocycles. The molecule has 0 unspecified atom stereocenters. The number of hydrogen-bond donors (Lipinski definition) is 1. The van der Waals surface area contributed by atoms with Crippen LogP contribution in [0.5, 0.6) is 5.75 Å². The molecule has 7 heteroatoms. The third-order valence-corrected chi connectivity index (χ3v) is 5.27. The molecule has 1 fully saturated rings. The van der Waals surface area contributed by atoms with E-state index in [9.17, 15) is 9.59 Å². The number of benzene rings is 2. The third-order valence-electron chi connectivity index (χ3n) is 4.74. The van der Waals surface area contributed by atoms with Gasteiger partial charge in [0.05, 0.1) is 11.6 Å². The SMILES string of the molecule is O=C(CCCOc1ccc(Cl)cc1Cl)Nc1cccc(C(=O)N2CCCCC2)c1. The number of ether oxygens (including phenoxy) is 1. The van der Waals surface area contributed by atoms with Crippen molar-refractivity contribution in [1.29, 1.82) is 0 Å². The highest BCUT2D eigenvalue weighted by atomic mass is 35.5. The van der Waals surface area contributed by atoms with Gasteiger partial charge >= 0.3 is 0 Å². The van der Waals surface area contributed by atoms with Crippen molar-refractivity contribution in [3.8, 4) is 5.75 Å². The van der Waals surface area contributed by atoms with E-state index in [1.54, 1.807) is 42.5 Å². The molecule has 0 spiro atoms. The van der Waals surface area contributed by atoms with E-state index in [1.165, 1.54) is 6.42 Å². The van der Waals surface area contributed by atoms with Crippen molar-refractivity contribution in [2.24, 2.45) is 0 Å². The molecule has 1 aliphatic rings. The van der Waals surface area contributed by atoms with Crippen molar-refractivity contribution >= 4 is 40.7 Å². The van der Waals surface area contributed by atoms with Gasteiger partial charge in [-0.2, -0.15) is 0 Å². The summed E-state index contributed by atoms with van der Waals surface area (Å²) in [5, 5.41) is 3.83. The van der Waals surface area contributed by atoms with E-state index in [0.717, 1.165) is 25.9 Å². The lowest BCUT2D eigenvalue weighted by Crippen LogP contribution is -2.35. The van der Waals surface area contributed by atoms with Gasteiger partial charge < -0.3 is 15.0 Å². The van der Waals surface area contributed by atoms with E-state index < -0.39 is 0 Å². The maximum absolute atomic E-state index is 12.6. The number of anilines is 1. The number of carbonyl (C=O) groups is 2. The summed E-state index contributed by atoms with van der Waals surface area (Å²) in [7, 11) is 0. The third kappa shape index (κ3) is 6.38. The number of carbonyl (C=O) groups excluding carboxylic acids is 2. The second-order valence-corrected chi connectivity index (χ2v) is 7.85. The zero-order valence-corrected chi connectivity index (χ0v) is 17.6. The molecule has 2 aromatic rings. The molecule has 0 radical (unpaired) electrons. The molecule has 1 saturated heterocycles. The van der Waals surface area contributed by atoms with Gasteiger partial charge in [-0.1, -0.05) is 29.3 Å². The molecule has 0 aromatic heterocycles. The van der Waals surface area contributed by atoms with Gasteiger partial charge in [-0.05, 0) is 62.1 Å². The number of hydrogen-bond acceptors (Lipinski definition) is 3. The first-order valence-electron chi connectivity index (χ1n) is 9.80. The lowest BCUT2D eigenvalue weighted by molar-refractivity contribution is -0.116. The molecule has 0 aliphatic carbocycles. The summed E-state index contributed by atoms with van der Waals surface area (Å²) in [5.41, 5.74) is 1.23. The average molecular weight is 435 g/mol. The van der Waals surface area contributed by atoms with Crippen LogP contribution in [0.3, 0.4) is 0 Å². The Morgan fingerprint density at radius 2 is 1.83 bits per heavy atom. The molecule has 1 N–H and O–H groups in total. The molecule has 0 bridgehead atoms. The monoisotopic (exact) mass is 434 g/mol. The normalized spacial score (nSPS) is 13.8. The maximum atomic E-state index is 12.6. The first kappa shape index (κ1) is 21.5. The molecule has 3 rings (SSSR count). The van der Waals surface area contributed by atoms with Crippen molar-refractivity contribution in [2.75, 3.05) is 25.0 Å². The maximum Gasteiger partial charge on any atom is 0.253 e. The second kappa shape index (κ2) is 10.5. The molecular weight excluding hydrogens is 411 g/mol. The van der Waals surface area contributed by atoms with E-state index in [0.29, 0.717) is 46.5 Å². The van der Waals surface area contributed by atoms with E-state index in [4.69, 9.17) is 27.9 Å². The molecule has 154 valence electrons. The Bertz CT molecular complexity index is 867. The van der Waals surface area contributed by atoms with Gasteiger partial charge in [0.15, 0.2) is 0 Å². The van der Waals surface area contributed by atoms with Crippen LogP contribution in [0, 0.1) is 0 Å². The molecule has 5 nitrogen and oxygen atoms in total. The van der Waals surface area contributed by atoms with Gasteiger partial charge in [0, 0.05) is 35.8 Å². The van der Waals surface area contributed by atoms with E-state index in [2.05, 4.69) is 5.32 Å². The van der Waals surface area contributed by atoms with Gasteiger partial charge in [-0.3, -0.25) is 9.59 Å². The van der Waals surface area contributed by atoms with Gasteiger partial charge in [-0.15, -0.1) is 0 Å². The summed E-state index contributed by atoms with van der Waals surface area (Å²) in [6.07, 6.45) is 4.11. The van der Waals surface area contributed by atoms with Crippen LogP contribution >= 0.6 is 23.2 Å². The molecule has 29 heavy (non-hydrogen) atoms. The topological polar surface area (TPSA) is 58.6 Å². The zero-order valence-electron chi connectivity index (χ0n) is 16.1. The van der Waals surface area contributed by atoms with Gasteiger partial charge in [-0.25, -0.2) is 0 Å². The van der Waals surface area contributed by atoms with Gasteiger partial charge in [0.25, 0.3) is 5.91 Å². The zero-order chi connectivity index (χ0) is 20.6. The minimum Gasteiger partial charge on any atom is -0.492 e. The number of rotatable bonds is 7. The summed E-state index contributed by atoms with van der Waals surface area (Å²) in [5.74, 6) is 0.438. The Balaban J connectivity index is 1.46. The quantitative estimate of drug-likeness (QED) is 0.591. The fourth-order valence-electron chi connectivity index (χ4n) is 3.24. The fraction of sp³-hybridized carbons (Fsp3) is 0.364. The Morgan fingerprint density at radius 3 is 2.59 bits per heavy atom. The van der Waals surface area contributed by atoms with E-state index in [-0.39, 0.29) is 11.8 Å². The number of amides is 2. The van der Waals surface area contributed by atoms with E-state index >= 15 is 0 Å². The number of nitrogens with one attached hydrogen (secondary N) is 1. The molecule has 2 amide bonds. The predicted octanol–water partition coefficient (Wildman–Crippen LogP) is 5.42. The highest BCUT2D eigenvalue weighted by Gasteiger charge is 2.18. The first-order chi connectivity index (χ1) is 14.0. The van der Waals surface area contributed by atoms with Crippen molar-refractivity contribution in [3.63, 3.8) is 0 Å². The summed E-state index contributed by atoms with van der Waals surface area (Å²) >= 11 is 11.9. The molecule has 1 heterocycles. The summed E-state index contributed by atoms with van der Waals surface area (Å²) < 4.78 is 5.59. The Labute approximate surface area is 180 Å². The fourth-order valence-corrected chi connectivity index (χ4v) is 3.70. The standard InChI is InChI=1S/C22H24Cl2N2O3/c23-17-9-10-20(19(24)15-17)29-13-5-8-21(27)25-18-7-4-6-16(14-18)22(28)26-11-2-1-3-12-26/h4,6-7,9-10,14-15H,1-3,5,8,11-13H2,(H,25,27). The Kier molecular flexibility index (Phi) is 7.78. The second-order valence-electron chi connectivity index (χ2n) is 7.01. The van der Waals surface area contributed by atoms with Crippen molar-refractivity contribution in [1.82, 2.24) is 4.90 Å². The first-order valence-corrected chi connectivity index (χ1v) is 10.6. The lowest BCUT2D eigenvalue weighted by Gasteiger charge is -2.26. The van der Waals surface area contributed by atoms with Crippen LogP contribution in [-0.4, -0.2) is 36.4 Å². The van der Waals surface area contributed by atoms with Crippen LogP contribution in [0.15, 0.2) is 42.5 Å². The molecule has 0 atom stereocenters. The lowest BCUT2D eigenvalue weighted by atomic mass is 10.1. The van der Waals surface area contributed by atoms with Crippen LogP contribution in [0.1, 0.15) is 42.5 Å². The number of nitrogens with zero attached hydrogens (tertiary/aromatic N) is 1. The number of piperidine rings is 1. The minimum absolute atomic E-state index is 0.0223. The molecule has 0 saturated carbocycles. The van der Waals surface area contributed by atoms with Crippen LogP contribution in [0.25, 0.3) is 0 Å². The van der Waals surface area contributed by atoms with Crippen LogP contribution in [0.2, 0.25) is 10.0 Å². The summed E-state index contributed by atoms with van der Waals surface area (Å²) in [6.45, 7) is 1.96. The molecular formula is C22H24Cl2N2O3. The average Bonchev–Trinajstić information content (AvgIpc) is 2.73. The smallest absolute Gasteiger partial charge is 0.253 e. The number of halogens is 2. The van der Waals surface area contributed by atoms with Gasteiger partial charge in [0.1, 0.15) is 5.75 Å². The summed E-state index contributed by atoms with van der Waals surface area (Å²) in [4.78, 5) is 26.7. The Morgan fingerprint density at radius 1 is 1.03 bits per heavy atom. The highest BCUT2D eigenvalue weighted by Crippen LogP contribution is 2.27. The van der Waals surface area contributed by atoms with Crippen LogP contribution in [-0.2, 0) is 4.79 Å². The van der Waals surface area contributed by atoms with E-state index in [1.807, 2.05) is 4.90 Å². The van der Waals surface area contributed by atoms with Gasteiger partial charge in [0.2, 0.25) is 5.91 Å². The van der Waals surface area contributed by atoms with Crippen molar-refractivity contribution in [3.05, 3.63) is 58.1 Å². The number of likely N-dealkylation sites (tertiary alicyclic amines) is 1. The highest BCUT2D eigenvalue weighted by molar-refractivity contribution is 6.35. The Hall–Kier alpha value is -2.24. The summed E-state index contributed by atoms with van der Waals surface area (Å²) in [6, 6.07) is 12.1. The van der Waals surface area contributed by atoms with Crippen molar-refractivity contribution in [2.45, 2.75) is 32.1 Å². The predicted molar refractivity (Wildman–Crippen MR) is 116 cm³/mol. The van der Waals surface area contributed by atoms with Crippen LogP contribution < -0.4 is 10.1 Å². The largest absolute Gasteiger partial charge is 0.492 e. The van der Waals surface area contributed by atoms with Crippen molar-refractivity contribution < 1.29 is 14.3 Å². The molecule has 1 aliphatic heterocycles. The van der Waals surface area contributed by atoms with Crippen LogP contribution in [0.4, 0.5) is 5.69 Å². The minimum atomic E-state index is -0.127.